The van der Waals surface area contributed by atoms with E-state index in [0.29, 0.717) is 5.56 Å². The van der Waals surface area contributed by atoms with Crippen LogP contribution in [-0.2, 0) is 31.2 Å². The Kier molecular flexibility index (Phi) is 9.09. The molecule has 39 heavy (non-hydrogen) atoms. The molecule has 0 saturated heterocycles. The molecule has 212 valence electrons. The predicted octanol–water partition coefficient (Wildman–Crippen LogP) is 0.822. The number of aromatic hydroxyl groups is 1. The molecule has 8 N–H and O–H groups in total. The van der Waals surface area contributed by atoms with Crippen LogP contribution < -0.4 is 5.73 Å². The van der Waals surface area contributed by atoms with E-state index >= 15 is 0 Å². The second kappa shape index (κ2) is 11.0. The van der Waals surface area contributed by atoms with Gasteiger partial charge < -0.3 is 26.2 Å². The highest BCUT2D eigenvalue weighted by Gasteiger charge is 2.64. The van der Waals surface area contributed by atoms with Crippen LogP contribution in [0.1, 0.15) is 17.5 Å². The minimum atomic E-state index is -4.67. The Balaban J connectivity index is 0.000000816. The van der Waals surface area contributed by atoms with E-state index < -0.39 is 68.4 Å². The third-order valence-electron chi connectivity index (χ3n) is 6.76. The molecule has 1 saturated carbocycles. The zero-order valence-electron chi connectivity index (χ0n) is 20.1. The molecule has 18 heteroatoms. The van der Waals surface area contributed by atoms with Gasteiger partial charge in [0.2, 0.25) is 11.2 Å². The van der Waals surface area contributed by atoms with Crippen molar-refractivity contribution in [1.29, 1.82) is 5.39 Å². The van der Waals surface area contributed by atoms with Gasteiger partial charge in [-0.2, -0.15) is 8.42 Å². The fraction of sp³-hybridized carbons (Fsp3) is 0.381. The van der Waals surface area contributed by atoms with E-state index in [1.165, 1.54) is 25.1 Å². The molecular formula is C21H23ClIN4O11S+. The van der Waals surface area contributed by atoms with Gasteiger partial charge in [-0.05, 0) is 55.4 Å². The SMILES string of the molecule is CN(C)C1C(=O)C(C(N)=O)=C(O)C2(O)C(=O)C3=C(O)c4c(O)c(I)cc([N+]#N)c4CC3CC12.Cl.O=S(=O)(O)O. The predicted molar refractivity (Wildman–Crippen MR) is 143 cm³/mol. The fourth-order valence-electron chi connectivity index (χ4n) is 5.35. The lowest BCUT2D eigenvalue weighted by Crippen LogP contribution is -2.65. The summed E-state index contributed by atoms with van der Waals surface area (Å²) in [7, 11) is -1.62. The van der Waals surface area contributed by atoms with Crippen LogP contribution in [0.4, 0.5) is 5.69 Å². The lowest BCUT2D eigenvalue weighted by Gasteiger charge is -2.50. The Bertz CT molecular complexity index is 1490. The van der Waals surface area contributed by atoms with Gasteiger partial charge in [-0.15, -0.1) is 12.4 Å². The first-order chi connectivity index (χ1) is 17.4. The molecule has 1 aromatic carbocycles. The van der Waals surface area contributed by atoms with Crippen LogP contribution in [0, 0.1) is 20.8 Å². The molecule has 0 heterocycles. The van der Waals surface area contributed by atoms with Crippen molar-refractivity contribution in [3.63, 3.8) is 0 Å². The van der Waals surface area contributed by atoms with E-state index in [0.717, 1.165) is 0 Å². The average Bonchev–Trinajstić information content (AvgIpc) is 2.77. The molecule has 3 aliphatic carbocycles. The number of phenols is 1. The number of nitrogens with zero attached hydrogens (tertiary/aromatic N) is 3. The summed E-state index contributed by atoms with van der Waals surface area (Å²) >= 11 is 1.77. The molecule has 0 spiro atoms. The first kappa shape index (κ1) is 32.4. The van der Waals surface area contributed by atoms with Crippen molar-refractivity contribution >= 4 is 74.3 Å². The summed E-state index contributed by atoms with van der Waals surface area (Å²) in [6.45, 7) is 0. The third-order valence-corrected chi connectivity index (χ3v) is 7.58. The van der Waals surface area contributed by atoms with Gasteiger partial charge in [-0.1, -0.05) is 0 Å². The van der Waals surface area contributed by atoms with E-state index in [1.54, 1.807) is 22.6 Å². The Morgan fingerprint density at radius 1 is 1.23 bits per heavy atom. The number of amides is 1. The quantitative estimate of drug-likeness (QED) is 0.0976. The second-order valence-corrected chi connectivity index (χ2v) is 11.1. The first-order valence-corrected chi connectivity index (χ1v) is 13.1. The van der Waals surface area contributed by atoms with Gasteiger partial charge >= 0.3 is 16.1 Å². The standard InChI is InChI=1S/C21H19IN4O7.ClH.H2O4S/c1-26(2)14-8-4-6-3-7-10(25-24)5-9(22)15(27)12(7)16(28)11(6)18(30)21(8,33)19(31)13(17(14)29)20(23)32;;1-5(2,3)4/h5-6,8,14,33H,3-4H2,1-2H3,(H4-,23,27,28,29,30,31,32);1H;(H2,1,2,3,4)/p+1. The third kappa shape index (κ3) is 5.32. The zero-order chi connectivity index (χ0) is 29.1. The molecule has 4 unspecified atom stereocenters. The lowest BCUT2D eigenvalue weighted by molar-refractivity contribution is -0.153. The van der Waals surface area contributed by atoms with E-state index in [4.69, 9.17) is 23.3 Å². The molecule has 4 rings (SSSR count). The number of aliphatic hydroxyl groups is 3. The number of nitrogens with two attached hydrogens (primary N) is 1. The van der Waals surface area contributed by atoms with Gasteiger partial charge in [-0.3, -0.25) is 28.4 Å². The molecule has 1 fully saturated rings. The van der Waals surface area contributed by atoms with E-state index in [1.807, 2.05) is 0 Å². The number of diazo groups is 1. The number of Topliss-reactive ketones (excluding diaryl/α,β-unsaturated/α-hetero) is 2. The number of halogens is 2. The normalized spacial score (nSPS) is 25.9. The number of hydrogen-bond donors (Lipinski definition) is 7. The lowest BCUT2D eigenvalue weighted by atomic mass is 9.57. The van der Waals surface area contributed by atoms with E-state index in [2.05, 4.69) is 4.98 Å². The molecule has 1 amide bonds. The van der Waals surface area contributed by atoms with Gasteiger partial charge in [0.05, 0.1) is 26.8 Å². The average molecular weight is 702 g/mol. The van der Waals surface area contributed by atoms with Gasteiger partial charge in [0, 0.05) is 11.5 Å². The van der Waals surface area contributed by atoms with Crippen LogP contribution in [0.5, 0.6) is 5.75 Å². The van der Waals surface area contributed by atoms with Crippen molar-refractivity contribution in [2.75, 3.05) is 14.1 Å². The number of fused-ring (bicyclic) bond motifs is 3. The minimum absolute atomic E-state index is 0. The molecule has 3 aliphatic rings. The summed E-state index contributed by atoms with van der Waals surface area (Å²) in [5, 5.41) is 53.3. The maximum Gasteiger partial charge on any atom is 0.394 e. The Morgan fingerprint density at radius 2 is 1.77 bits per heavy atom. The summed E-state index contributed by atoms with van der Waals surface area (Å²) in [6.07, 6.45) is 0.0157. The van der Waals surface area contributed by atoms with Crippen molar-refractivity contribution in [1.82, 2.24) is 4.90 Å². The number of hydrogen-bond acceptors (Lipinski definition) is 11. The summed E-state index contributed by atoms with van der Waals surface area (Å²) in [5.41, 5.74) is 1.73. The topological polar surface area (TPSA) is 264 Å². The van der Waals surface area contributed by atoms with Crippen molar-refractivity contribution in [2.45, 2.75) is 24.5 Å². The maximum absolute atomic E-state index is 13.6. The van der Waals surface area contributed by atoms with Gasteiger partial charge in [-0.25, -0.2) is 0 Å². The van der Waals surface area contributed by atoms with Crippen LogP contribution in [0.3, 0.4) is 0 Å². The number of carbonyl (C=O) groups is 3. The summed E-state index contributed by atoms with van der Waals surface area (Å²) in [4.78, 5) is 43.2. The number of benzene rings is 1. The number of rotatable bonds is 2. The van der Waals surface area contributed by atoms with Crippen LogP contribution in [0.2, 0.25) is 0 Å². The van der Waals surface area contributed by atoms with Crippen molar-refractivity contribution in [3.8, 4) is 5.75 Å². The largest absolute Gasteiger partial charge is 0.508 e. The number of phenolic OH excluding ortho intramolecular Hbond substituents is 1. The van der Waals surface area contributed by atoms with Gasteiger partial charge in [0.1, 0.15) is 22.8 Å². The summed E-state index contributed by atoms with van der Waals surface area (Å²) in [6, 6.07) is 0.253. The number of ketones is 2. The molecule has 0 aliphatic heterocycles. The molecule has 0 bridgehead atoms. The smallest absolute Gasteiger partial charge is 0.394 e. The Labute approximate surface area is 240 Å². The number of carbonyl (C=O) groups excluding carboxylic acids is 3. The van der Waals surface area contributed by atoms with Crippen LogP contribution in [0.15, 0.2) is 23.0 Å². The van der Waals surface area contributed by atoms with E-state index in [9.17, 15) is 40.2 Å². The molecule has 1 aromatic rings. The second-order valence-electron chi connectivity index (χ2n) is 9.09. The highest BCUT2D eigenvalue weighted by molar-refractivity contribution is 14.1. The van der Waals surface area contributed by atoms with Crippen molar-refractivity contribution < 1.29 is 52.3 Å². The maximum atomic E-state index is 13.6. The molecule has 4 atom stereocenters. The highest BCUT2D eigenvalue weighted by Crippen LogP contribution is 2.54. The Hall–Kier alpha value is -2.86. The van der Waals surface area contributed by atoms with Gasteiger partial charge in [0.25, 0.3) is 5.91 Å². The number of primary amides is 1. The molecule has 15 nitrogen and oxygen atoms in total. The Morgan fingerprint density at radius 3 is 2.23 bits per heavy atom. The summed E-state index contributed by atoms with van der Waals surface area (Å²) < 4.78 is 31.8. The van der Waals surface area contributed by atoms with E-state index in [-0.39, 0.29) is 51.4 Å². The monoisotopic (exact) mass is 701 g/mol. The number of aliphatic hydroxyl groups excluding tert-OH is 2. The highest BCUT2D eigenvalue weighted by atomic mass is 127. The van der Waals surface area contributed by atoms with Crippen LogP contribution >= 0.6 is 35.0 Å². The first-order valence-electron chi connectivity index (χ1n) is 10.6. The van der Waals surface area contributed by atoms with Crippen molar-refractivity contribution in [3.05, 3.63) is 42.6 Å². The fourth-order valence-corrected chi connectivity index (χ4v) is 5.91. The minimum Gasteiger partial charge on any atom is -0.508 e. The molecule has 0 aromatic heterocycles. The van der Waals surface area contributed by atoms with Crippen LogP contribution in [0.25, 0.3) is 10.7 Å². The summed E-state index contributed by atoms with van der Waals surface area (Å²) in [5.74, 6) is -7.21. The molecule has 0 radical (unpaired) electrons. The van der Waals surface area contributed by atoms with Gasteiger partial charge in [0.15, 0.2) is 16.4 Å². The number of likely N-dealkylation sites (N-methyl/N-ethyl adjacent to an activating group) is 1. The molecular weight excluding hydrogens is 679 g/mol. The van der Waals surface area contributed by atoms with Crippen LogP contribution in [-0.4, -0.2) is 86.1 Å². The van der Waals surface area contributed by atoms with Crippen molar-refractivity contribution in [2.24, 2.45) is 17.6 Å². The zero-order valence-corrected chi connectivity index (χ0v) is 23.9.